The number of ether oxygens (including phenoxy) is 1. The zero-order chi connectivity index (χ0) is 8.43. The second-order valence-electron chi connectivity index (χ2n) is 2.20. The number of hydrogen-bond acceptors (Lipinski definition) is 4. The second-order valence-corrected chi connectivity index (χ2v) is 2.20. The number of hydrogen-bond donors (Lipinski definition) is 0. The molecule has 0 radical (unpaired) electrons. The zero-order valence-electron chi connectivity index (χ0n) is 6.67. The second kappa shape index (κ2) is 2.74. The van der Waals surface area contributed by atoms with Crippen LogP contribution in [0.3, 0.4) is 0 Å². The number of methoxy groups -OCH3 is 1. The Balaban J connectivity index is 3.04. The van der Waals surface area contributed by atoms with Crippen molar-refractivity contribution in [2.75, 3.05) is 7.11 Å². The Morgan fingerprint density at radius 1 is 1.55 bits per heavy atom. The maximum atomic E-state index is 10.9. The monoisotopic (exact) mass is 155 g/mol. The molecule has 0 saturated carbocycles. The first-order chi connectivity index (χ1) is 5.16. The predicted octanol–water partition coefficient (Wildman–Crippen LogP) is 1.08. The first-order valence-electron chi connectivity index (χ1n) is 3.18. The fourth-order valence-electron chi connectivity index (χ4n) is 0.705. The molecule has 0 aliphatic heterocycles. The standard InChI is InChI=1S/C7H9NO3/c1-4-5(2)11-8-6(4)7(9)10-3/h1-3H3. The molecule has 0 unspecified atom stereocenters. The third kappa shape index (κ3) is 1.24. The van der Waals surface area contributed by atoms with Crippen LogP contribution in [0.15, 0.2) is 4.52 Å². The molecule has 4 heteroatoms. The average Bonchev–Trinajstić information content (AvgIpc) is 2.32. The van der Waals surface area contributed by atoms with Gasteiger partial charge in [0.25, 0.3) is 0 Å². The molecule has 0 atom stereocenters. The molecule has 0 bridgehead atoms. The highest BCUT2D eigenvalue weighted by Crippen LogP contribution is 2.11. The fourth-order valence-corrected chi connectivity index (χ4v) is 0.705. The molecule has 0 spiro atoms. The van der Waals surface area contributed by atoms with E-state index in [1.54, 1.807) is 13.8 Å². The van der Waals surface area contributed by atoms with Gasteiger partial charge in [0, 0.05) is 5.56 Å². The minimum atomic E-state index is -0.459. The molecule has 0 fully saturated rings. The van der Waals surface area contributed by atoms with Gasteiger partial charge in [-0.2, -0.15) is 0 Å². The van der Waals surface area contributed by atoms with Crippen molar-refractivity contribution < 1.29 is 14.1 Å². The van der Waals surface area contributed by atoms with Crippen LogP contribution in [0.25, 0.3) is 0 Å². The lowest BCUT2D eigenvalue weighted by atomic mass is 10.2. The van der Waals surface area contributed by atoms with E-state index in [4.69, 9.17) is 4.52 Å². The van der Waals surface area contributed by atoms with E-state index in [1.807, 2.05) is 0 Å². The van der Waals surface area contributed by atoms with Gasteiger partial charge in [-0.15, -0.1) is 0 Å². The number of aryl methyl sites for hydroxylation is 1. The van der Waals surface area contributed by atoms with Gasteiger partial charge >= 0.3 is 5.97 Å². The van der Waals surface area contributed by atoms with Crippen LogP contribution in [0.1, 0.15) is 21.8 Å². The molecule has 1 heterocycles. The van der Waals surface area contributed by atoms with Crippen LogP contribution in [-0.2, 0) is 4.74 Å². The third-order valence-electron chi connectivity index (χ3n) is 1.54. The summed E-state index contributed by atoms with van der Waals surface area (Å²) < 4.78 is 9.24. The van der Waals surface area contributed by atoms with E-state index in [1.165, 1.54) is 7.11 Å². The van der Waals surface area contributed by atoms with E-state index in [0.717, 1.165) is 5.56 Å². The first-order valence-corrected chi connectivity index (χ1v) is 3.18. The molecule has 1 aromatic rings. The number of aromatic nitrogens is 1. The first kappa shape index (κ1) is 7.78. The SMILES string of the molecule is COC(=O)c1noc(C)c1C. The molecular weight excluding hydrogens is 146 g/mol. The molecule has 0 N–H and O–H groups in total. The Hall–Kier alpha value is -1.32. The van der Waals surface area contributed by atoms with Crippen molar-refractivity contribution in [1.82, 2.24) is 5.16 Å². The Kier molecular flexibility index (Phi) is 1.94. The lowest BCUT2D eigenvalue weighted by Gasteiger charge is -1.92. The number of esters is 1. The molecule has 0 saturated heterocycles. The average molecular weight is 155 g/mol. The molecular formula is C7H9NO3. The summed E-state index contributed by atoms with van der Waals surface area (Å²) in [6, 6.07) is 0. The summed E-state index contributed by atoms with van der Waals surface area (Å²) in [6.45, 7) is 3.51. The van der Waals surface area contributed by atoms with Gasteiger partial charge in [0.1, 0.15) is 5.76 Å². The molecule has 11 heavy (non-hydrogen) atoms. The van der Waals surface area contributed by atoms with Crippen molar-refractivity contribution in [2.24, 2.45) is 0 Å². The van der Waals surface area contributed by atoms with Gasteiger partial charge in [-0.05, 0) is 13.8 Å². The Morgan fingerprint density at radius 3 is 2.55 bits per heavy atom. The van der Waals surface area contributed by atoms with Gasteiger partial charge in [-0.1, -0.05) is 5.16 Å². The van der Waals surface area contributed by atoms with E-state index in [-0.39, 0.29) is 5.69 Å². The summed E-state index contributed by atoms with van der Waals surface area (Å²) in [7, 11) is 1.31. The van der Waals surface area contributed by atoms with Gasteiger partial charge in [-0.3, -0.25) is 0 Å². The summed E-state index contributed by atoms with van der Waals surface area (Å²) in [5, 5.41) is 3.54. The van der Waals surface area contributed by atoms with Gasteiger partial charge in [-0.25, -0.2) is 4.79 Å². The van der Waals surface area contributed by atoms with Crippen molar-refractivity contribution >= 4 is 5.97 Å². The number of carbonyl (C=O) groups excluding carboxylic acids is 1. The minimum Gasteiger partial charge on any atom is -0.464 e. The molecule has 4 nitrogen and oxygen atoms in total. The van der Waals surface area contributed by atoms with E-state index in [0.29, 0.717) is 5.76 Å². The van der Waals surface area contributed by atoms with Crippen molar-refractivity contribution in [3.63, 3.8) is 0 Å². The van der Waals surface area contributed by atoms with Crippen LogP contribution >= 0.6 is 0 Å². The van der Waals surface area contributed by atoms with Gasteiger partial charge in [0.05, 0.1) is 7.11 Å². The summed E-state index contributed by atoms with van der Waals surface area (Å²) in [5.41, 5.74) is 0.988. The Morgan fingerprint density at radius 2 is 2.18 bits per heavy atom. The van der Waals surface area contributed by atoms with Crippen molar-refractivity contribution in [3.8, 4) is 0 Å². The van der Waals surface area contributed by atoms with E-state index in [2.05, 4.69) is 9.89 Å². The summed E-state index contributed by atoms with van der Waals surface area (Å²) in [6.07, 6.45) is 0. The van der Waals surface area contributed by atoms with Crippen LogP contribution in [-0.4, -0.2) is 18.2 Å². The Labute approximate surface area is 64.1 Å². The third-order valence-corrected chi connectivity index (χ3v) is 1.54. The molecule has 1 aromatic heterocycles. The molecule has 0 amide bonds. The van der Waals surface area contributed by atoms with Crippen LogP contribution in [0.5, 0.6) is 0 Å². The lowest BCUT2D eigenvalue weighted by molar-refractivity contribution is 0.0588. The molecule has 0 aliphatic carbocycles. The number of rotatable bonds is 1. The van der Waals surface area contributed by atoms with Gasteiger partial charge in [0.2, 0.25) is 0 Å². The molecule has 0 aromatic carbocycles. The quantitative estimate of drug-likeness (QED) is 0.569. The summed E-state index contributed by atoms with van der Waals surface area (Å²) >= 11 is 0. The zero-order valence-corrected chi connectivity index (χ0v) is 6.67. The maximum Gasteiger partial charge on any atom is 0.360 e. The van der Waals surface area contributed by atoms with E-state index < -0.39 is 5.97 Å². The topological polar surface area (TPSA) is 52.3 Å². The van der Waals surface area contributed by atoms with E-state index in [9.17, 15) is 4.79 Å². The van der Waals surface area contributed by atoms with Gasteiger partial charge in [0.15, 0.2) is 5.69 Å². The summed E-state index contributed by atoms with van der Waals surface area (Å²) in [4.78, 5) is 10.9. The lowest BCUT2D eigenvalue weighted by Crippen LogP contribution is -2.03. The largest absolute Gasteiger partial charge is 0.464 e. The highest BCUT2D eigenvalue weighted by molar-refractivity contribution is 5.88. The van der Waals surface area contributed by atoms with Gasteiger partial charge < -0.3 is 9.26 Å². The Bertz CT molecular complexity index is 277. The van der Waals surface area contributed by atoms with Crippen LogP contribution in [0.4, 0.5) is 0 Å². The van der Waals surface area contributed by atoms with Crippen molar-refractivity contribution in [1.29, 1.82) is 0 Å². The minimum absolute atomic E-state index is 0.255. The highest BCUT2D eigenvalue weighted by Gasteiger charge is 2.15. The van der Waals surface area contributed by atoms with E-state index >= 15 is 0 Å². The van der Waals surface area contributed by atoms with Crippen molar-refractivity contribution in [2.45, 2.75) is 13.8 Å². The van der Waals surface area contributed by atoms with Crippen molar-refractivity contribution in [3.05, 3.63) is 17.0 Å². The van der Waals surface area contributed by atoms with Crippen LogP contribution < -0.4 is 0 Å². The summed E-state index contributed by atoms with van der Waals surface area (Å²) in [5.74, 6) is 0.185. The smallest absolute Gasteiger partial charge is 0.360 e. The molecule has 1 rings (SSSR count). The fraction of sp³-hybridized carbons (Fsp3) is 0.429. The molecule has 0 aliphatic rings. The van der Waals surface area contributed by atoms with Crippen LogP contribution in [0.2, 0.25) is 0 Å². The number of nitrogens with zero attached hydrogens (tertiary/aromatic N) is 1. The highest BCUT2D eigenvalue weighted by atomic mass is 16.5. The molecule has 60 valence electrons. The maximum absolute atomic E-state index is 10.9. The predicted molar refractivity (Wildman–Crippen MR) is 37.3 cm³/mol. The normalized spacial score (nSPS) is 9.73. The number of carbonyl (C=O) groups is 1. The van der Waals surface area contributed by atoms with Crippen LogP contribution in [0, 0.1) is 13.8 Å².